The maximum absolute atomic E-state index is 12.2. The van der Waals surface area contributed by atoms with E-state index in [2.05, 4.69) is 0 Å². The molecule has 3 heterocycles. The number of rotatable bonds is 5. The molecule has 4 aliphatic rings. The van der Waals surface area contributed by atoms with E-state index in [9.17, 15) is 9.67 Å². The molecule has 1 aliphatic carbocycles. The second kappa shape index (κ2) is 5.78. The Morgan fingerprint density at radius 2 is 2.04 bits per heavy atom. The molecule has 1 spiro atoms. The van der Waals surface area contributed by atoms with Crippen LogP contribution in [0.3, 0.4) is 0 Å². The molecule has 3 saturated heterocycles. The predicted octanol–water partition coefficient (Wildman–Crippen LogP) is 2.51. The average molecular weight is 369 g/mol. The molecule has 2 bridgehead atoms. The van der Waals surface area contributed by atoms with Gasteiger partial charge in [0.15, 0.2) is 0 Å². The number of phosphoric ester groups is 1. The SMILES string of the molecule is COc1ccc(C(CN(C)C)C2(O)CCCC3OP4(=O)OC32O4)cc1. The van der Waals surface area contributed by atoms with Crippen molar-refractivity contribution in [3.63, 3.8) is 0 Å². The maximum atomic E-state index is 12.2. The third-order valence-electron chi connectivity index (χ3n) is 5.45. The first-order valence-corrected chi connectivity index (χ1v) is 9.99. The smallest absolute Gasteiger partial charge is 0.480 e. The van der Waals surface area contributed by atoms with Crippen LogP contribution in [0.15, 0.2) is 24.3 Å². The second-order valence-corrected chi connectivity index (χ2v) is 8.77. The van der Waals surface area contributed by atoms with Gasteiger partial charge in [-0.05, 0) is 51.1 Å². The van der Waals surface area contributed by atoms with Gasteiger partial charge in [0, 0.05) is 12.5 Å². The summed E-state index contributed by atoms with van der Waals surface area (Å²) in [5.41, 5.74) is -0.369. The molecule has 0 amide bonds. The van der Waals surface area contributed by atoms with E-state index in [-0.39, 0.29) is 5.92 Å². The second-order valence-electron chi connectivity index (χ2n) is 7.30. The number of benzene rings is 1. The third kappa shape index (κ3) is 2.49. The van der Waals surface area contributed by atoms with Crippen LogP contribution in [0.4, 0.5) is 0 Å². The zero-order chi connectivity index (χ0) is 17.9. The summed E-state index contributed by atoms with van der Waals surface area (Å²) in [6.45, 7) is 0.592. The molecule has 8 heteroatoms. The summed E-state index contributed by atoms with van der Waals surface area (Å²) in [6.07, 6.45) is 1.44. The Balaban J connectivity index is 1.74. The van der Waals surface area contributed by atoms with Gasteiger partial charge in [-0.1, -0.05) is 12.1 Å². The Morgan fingerprint density at radius 3 is 2.64 bits per heavy atom. The zero-order valence-electron chi connectivity index (χ0n) is 14.7. The van der Waals surface area contributed by atoms with Crippen LogP contribution in [0, 0.1) is 0 Å². The molecule has 1 aromatic carbocycles. The number of methoxy groups -OCH3 is 1. The molecule has 138 valence electrons. The van der Waals surface area contributed by atoms with Gasteiger partial charge < -0.3 is 14.7 Å². The van der Waals surface area contributed by atoms with Gasteiger partial charge in [0.1, 0.15) is 17.5 Å². The van der Waals surface area contributed by atoms with Gasteiger partial charge >= 0.3 is 7.82 Å². The first-order chi connectivity index (χ1) is 11.8. The van der Waals surface area contributed by atoms with Crippen molar-refractivity contribution in [1.82, 2.24) is 4.90 Å². The summed E-state index contributed by atoms with van der Waals surface area (Å²) in [7, 11) is 2.06. The summed E-state index contributed by atoms with van der Waals surface area (Å²) in [6, 6.07) is 7.63. The minimum atomic E-state index is -3.47. The van der Waals surface area contributed by atoms with E-state index < -0.39 is 25.3 Å². The van der Waals surface area contributed by atoms with Crippen LogP contribution in [0.5, 0.6) is 5.75 Å². The highest BCUT2D eigenvalue weighted by Gasteiger charge is 2.81. The molecule has 0 aromatic heterocycles. The predicted molar refractivity (Wildman–Crippen MR) is 90.5 cm³/mol. The monoisotopic (exact) mass is 369 g/mol. The number of ether oxygens (including phenoxy) is 1. The van der Waals surface area contributed by atoms with Gasteiger partial charge in [0.2, 0.25) is 5.79 Å². The first-order valence-electron chi connectivity index (χ1n) is 8.53. The Morgan fingerprint density at radius 1 is 1.36 bits per heavy atom. The Kier molecular flexibility index (Phi) is 4.03. The van der Waals surface area contributed by atoms with E-state index in [1.54, 1.807) is 7.11 Å². The van der Waals surface area contributed by atoms with Crippen molar-refractivity contribution < 1.29 is 28.0 Å². The Hall–Kier alpha value is -0.950. The van der Waals surface area contributed by atoms with Crippen molar-refractivity contribution >= 4 is 7.82 Å². The van der Waals surface area contributed by atoms with Gasteiger partial charge in [-0.2, -0.15) is 0 Å². The van der Waals surface area contributed by atoms with Crippen LogP contribution in [0.25, 0.3) is 0 Å². The van der Waals surface area contributed by atoms with Crippen molar-refractivity contribution in [3.8, 4) is 5.75 Å². The summed E-state index contributed by atoms with van der Waals surface area (Å²) < 4.78 is 34.1. The molecule has 3 aliphatic heterocycles. The van der Waals surface area contributed by atoms with Gasteiger partial charge in [0.05, 0.1) is 7.11 Å². The van der Waals surface area contributed by atoms with Crippen LogP contribution >= 0.6 is 7.82 Å². The van der Waals surface area contributed by atoms with E-state index in [0.717, 1.165) is 17.7 Å². The van der Waals surface area contributed by atoms with Crippen molar-refractivity contribution in [2.75, 3.05) is 27.7 Å². The molecule has 1 N–H and O–H groups in total. The molecular formula is C17H24NO6P. The molecule has 1 saturated carbocycles. The molecule has 4 fully saturated rings. The molecule has 5 rings (SSSR count). The van der Waals surface area contributed by atoms with E-state index in [1.807, 2.05) is 43.3 Å². The van der Waals surface area contributed by atoms with Crippen LogP contribution in [0.2, 0.25) is 0 Å². The summed E-state index contributed by atoms with van der Waals surface area (Å²) in [4.78, 5) is 2.02. The van der Waals surface area contributed by atoms with Gasteiger partial charge in [-0.3, -0.25) is 4.52 Å². The lowest BCUT2D eigenvalue weighted by Crippen LogP contribution is -2.68. The van der Waals surface area contributed by atoms with E-state index in [0.29, 0.717) is 19.4 Å². The largest absolute Gasteiger partial charge is 0.497 e. The quantitative estimate of drug-likeness (QED) is 0.799. The van der Waals surface area contributed by atoms with E-state index in [1.165, 1.54) is 0 Å². The molecule has 0 radical (unpaired) electrons. The fourth-order valence-electron chi connectivity index (χ4n) is 4.29. The number of likely N-dealkylation sites (N-methyl/N-ethyl adjacent to an activating group) is 1. The molecule has 7 nitrogen and oxygen atoms in total. The van der Waals surface area contributed by atoms with Crippen molar-refractivity contribution in [3.05, 3.63) is 29.8 Å². The molecule has 3 unspecified atom stereocenters. The normalized spacial score (nSPS) is 40.4. The lowest BCUT2D eigenvalue weighted by Gasteiger charge is -2.53. The first kappa shape index (κ1) is 17.5. The molecule has 1 aromatic rings. The van der Waals surface area contributed by atoms with Crippen molar-refractivity contribution in [1.29, 1.82) is 0 Å². The zero-order valence-corrected chi connectivity index (χ0v) is 15.6. The minimum Gasteiger partial charge on any atom is -0.497 e. The maximum Gasteiger partial charge on any atom is 0.480 e. The van der Waals surface area contributed by atoms with Gasteiger partial charge in [0.25, 0.3) is 0 Å². The van der Waals surface area contributed by atoms with Gasteiger partial charge in [-0.25, -0.2) is 13.6 Å². The van der Waals surface area contributed by atoms with Crippen LogP contribution in [0.1, 0.15) is 30.7 Å². The fourth-order valence-corrected chi connectivity index (χ4v) is 6.16. The van der Waals surface area contributed by atoms with E-state index >= 15 is 0 Å². The summed E-state index contributed by atoms with van der Waals surface area (Å²) >= 11 is 0. The number of aliphatic hydroxyl groups is 1. The number of hydrogen-bond acceptors (Lipinski definition) is 7. The Labute approximate surface area is 147 Å². The highest BCUT2D eigenvalue weighted by Crippen LogP contribution is 2.79. The summed E-state index contributed by atoms with van der Waals surface area (Å²) in [5, 5.41) is 11.7. The third-order valence-corrected chi connectivity index (χ3v) is 6.95. The topological polar surface area (TPSA) is 77.5 Å². The van der Waals surface area contributed by atoms with E-state index in [4.69, 9.17) is 18.3 Å². The molecule has 3 atom stereocenters. The fraction of sp³-hybridized carbons (Fsp3) is 0.647. The highest BCUT2D eigenvalue weighted by atomic mass is 31.2. The van der Waals surface area contributed by atoms with Crippen LogP contribution in [-0.2, 0) is 18.1 Å². The molecular weight excluding hydrogens is 345 g/mol. The van der Waals surface area contributed by atoms with Crippen molar-refractivity contribution in [2.24, 2.45) is 0 Å². The number of hydrogen-bond donors (Lipinski definition) is 1. The standard InChI is InChI=1S/C17H24NO6P/c1-18(2)11-14(12-6-8-13(21-3)9-7-12)16(19)10-4-5-15-17(16)23-25(20,22-15)24-17/h6-9,14-15,19H,4-5,10-11H2,1-3H3. The lowest BCUT2D eigenvalue weighted by molar-refractivity contribution is -0.308. The average Bonchev–Trinajstić information content (AvgIpc) is 3.02. The van der Waals surface area contributed by atoms with Crippen molar-refractivity contribution in [2.45, 2.75) is 42.7 Å². The lowest BCUT2D eigenvalue weighted by atomic mass is 9.67. The number of phosphoric acid groups is 1. The summed E-state index contributed by atoms with van der Waals surface area (Å²) in [5.74, 6) is -0.864. The molecule has 25 heavy (non-hydrogen) atoms. The van der Waals surface area contributed by atoms with Crippen LogP contribution < -0.4 is 4.74 Å². The number of nitrogens with zero attached hydrogens (tertiary/aromatic N) is 1. The highest BCUT2D eigenvalue weighted by molar-refractivity contribution is 7.50. The van der Waals surface area contributed by atoms with Crippen LogP contribution in [-0.4, -0.2) is 55.2 Å². The minimum absolute atomic E-state index is 0.286. The van der Waals surface area contributed by atoms with Gasteiger partial charge in [-0.15, -0.1) is 0 Å². The Bertz CT molecular complexity index is 698.